The number of primary amides is 1. The summed E-state index contributed by atoms with van der Waals surface area (Å²) in [5.41, 5.74) is 6.53. The Labute approximate surface area is 162 Å². The Morgan fingerprint density at radius 3 is 2.52 bits per heavy atom. The van der Waals surface area contributed by atoms with E-state index >= 15 is 0 Å². The molecule has 144 valence electrons. The lowest BCUT2D eigenvalue weighted by atomic mass is 10.1. The second kappa shape index (κ2) is 9.50. The van der Waals surface area contributed by atoms with Gasteiger partial charge in [-0.2, -0.15) is 0 Å². The molecule has 7 nitrogen and oxygen atoms in total. The van der Waals surface area contributed by atoms with Crippen LogP contribution in [0.3, 0.4) is 0 Å². The Balaban J connectivity index is 1.59. The van der Waals surface area contributed by atoms with Crippen molar-refractivity contribution >= 4 is 23.3 Å². The molecule has 1 unspecified atom stereocenters. The van der Waals surface area contributed by atoms with E-state index in [9.17, 15) is 9.59 Å². The Morgan fingerprint density at radius 1 is 1.15 bits per heavy atom. The minimum atomic E-state index is -0.570. The highest BCUT2D eigenvalue weighted by Gasteiger charge is 2.24. The van der Waals surface area contributed by atoms with Gasteiger partial charge in [0, 0.05) is 36.6 Å². The number of nitrogens with two attached hydrogens (primary N) is 1. The fourth-order valence-corrected chi connectivity index (χ4v) is 3.90. The van der Waals surface area contributed by atoms with Gasteiger partial charge in [0.05, 0.1) is 19.3 Å². The second-order valence-corrected chi connectivity index (χ2v) is 7.28. The molecule has 2 aromatic rings. The molecule has 0 saturated carbocycles. The van der Waals surface area contributed by atoms with Crippen molar-refractivity contribution in [2.24, 2.45) is 5.73 Å². The number of carbonyl (C=O) groups is 2. The smallest absolute Gasteiger partial charge is 0.312 e. The number of hydrogen-bond acceptors (Lipinski definition) is 5. The van der Waals surface area contributed by atoms with E-state index in [0.717, 1.165) is 31.9 Å². The number of amides is 3. The molecule has 1 atom stereocenters. The molecule has 0 bridgehead atoms. The summed E-state index contributed by atoms with van der Waals surface area (Å²) in [7, 11) is 0. The van der Waals surface area contributed by atoms with Crippen LogP contribution in [0.15, 0.2) is 41.8 Å². The summed E-state index contributed by atoms with van der Waals surface area (Å²) in [6.07, 6.45) is 0. The molecule has 4 N–H and O–H groups in total. The number of nitrogens with zero attached hydrogens (tertiary/aromatic N) is 1. The molecule has 27 heavy (non-hydrogen) atoms. The zero-order valence-corrected chi connectivity index (χ0v) is 15.8. The number of morpholine rings is 1. The molecule has 1 aromatic heterocycles. The monoisotopic (exact) mass is 388 g/mol. The van der Waals surface area contributed by atoms with Gasteiger partial charge >= 0.3 is 6.03 Å². The third kappa shape index (κ3) is 5.53. The fraction of sp³-hybridized carbons (Fsp3) is 0.368. The average molecular weight is 388 g/mol. The van der Waals surface area contributed by atoms with Gasteiger partial charge < -0.3 is 21.1 Å². The molecule has 3 rings (SSSR count). The Kier molecular flexibility index (Phi) is 6.80. The summed E-state index contributed by atoms with van der Waals surface area (Å²) in [6.45, 7) is 4.05. The zero-order valence-electron chi connectivity index (χ0n) is 15.0. The van der Waals surface area contributed by atoms with Crippen molar-refractivity contribution in [1.82, 2.24) is 15.5 Å². The molecule has 0 aliphatic carbocycles. The normalized spacial score (nSPS) is 15.9. The maximum atomic E-state index is 12.5. The molecule has 1 fully saturated rings. The number of urea groups is 1. The Morgan fingerprint density at radius 2 is 1.89 bits per heavy atom. The highest BCUT2D eigenvalue weighted by atomic mass is 32.1. The first-order valence-electron chi connectivity index (χ1n) is 8.89. The largest absolute Gasteiger partial charge is 0.379 e. The van der Waals surface area contributed by atoms with Gasteiger partial charge in [-0.25, -0.2) is 4.79 Å². The fourth-order valence-electron chi connectivity index (χ4n) is 3.03. The molecule has 1 aliphatic heterocycles. The van der Waals surface area contributed by atoms with Crippen LogP contribution >= 0.6 is 11.3 Å². The van der Waals surface area contributed by atoms with Crippen molar-refractivity contribution in [3.8, 4) is 0 Å². The van der Waals surface area contributed by atoms with E-state index in [1.54, 1.807) is 23.5 Å². The van der Waals surface area contributed by atoms with Gasteiger partial charge in [-0.05, 0) is 29.1 Å². The standard InChI is InChI=1S/C19H24N4O3S/c20-19(25)22-12-14-3-5-15(6-4-14)18(24)21-13-16(17-2-1-11-27-17)23-7-9-26-10-8-23/h1-6,11,16H,7-10,12-13H2,(H,21,24)(H3,20,22,25). The third-order valence-corrected chi connectivity index (χ3v) is 5.47. The predicted octanol–water partition coefficient (Wildman–Crippen LogP) is 1.72. The van der Waals surface area contributed by atoms with Crippen molar-refractivity contribution in [2.75, 3.05) is 32.8 Å². The maximum Gasteiger partial charge on any atom is 0.312 e. The van der Waals surface area contributed by atoms with Crippen LogP contribution in [-0.2, 0) is 11.3 Å². The van der Waals surface area contributed by atoms with Crippen LogP contribution in [0.2, 0.25) is 0 Å². The van der Waals surface area contributed by atoms with E-state index in [1.807, 2.05) is 18.2 Å². The number of thiophene rings is 1. The first-order valence-corrected chi connectivity index (χ1v) is 9.77. The molecular formula is C19H24N4O3S. The lowest BCUT2D eigenvalue weighted by Gasteiger charge is -2.34. The minimum Gasteiger partial charge on any atom is -0.379 e. The van der Waals surface area contributed by atoms with Crippen molar-refractivity contribution in [3.05, 3.63) is 57.8 Å². The molecule has 1 aliphatic rings. The zero-order chi connectivity index (χ0) is 19.1. The van der Waals surface area contributed by atoms with Crippen molar-refractivity contribution < 1.29 is 14.3 Å². The number of rotatable bonds is 7. The molecule has 3 amide bonds. The lowest BCUT2D eigenvalue weighted by molar-refractivity contribution is 0.0169. The van der Waals surface area contributed by atoms with Crippen molar-refractivity contribution in [3.63, 3.8) is 0 Å². The number of hydrogen-bond donors (Lipinski definition) is 3. The molecule has 0 spiro atoms. The van der Waals surface area contributed by atoms with Crippen molar-refractivity contribution in [2.45, 2.75) is 12.6 Å². The summed E-state index contributed by atoms with van der Waals surface area (Å²) in [5, 5.41) is 7.64. The van der Waals surface area contributed by atoms with Crippen LogP contribution in [0.4, 0.5) is 4.79 Å². The maximum absolute atomic E-state index is 12.5. The van der Waals surface area contributed by atoms with E-state index in [-0.39, 0.29) is 11.9 Å². The van der Waals surface area contributed by atoms with Crippen LogP contribution in [0.25, 0.3) is 0 Å². The molecule has 8 heteroatoms. The Hall–Kier alpha value is -2.42. The van der Waals surface area contributed by atoms with E-state index < -0.39 is 6.03 Å². The minimum absolute atomic E-state index is 0.112. The molecule has 1 saturated heterocycles. The van der Waals surface area contributed by atoms with Gasteiger partial charge in [0.2, 0.25) is 0 Å². The second-order valence-electron chi connectivity index (χ2n) is 6.30. The highest BCUT2D eigenvalue weighted by molar-refractivity contribution is 7.10. The number of nitrogens with one attached hydrogen (secondary N) is 2. The Bertz CT molecular complexity index is 743. The topological polar surface area (TPSA) is 96.7 Å². The van der Waals surface area contributed by atoms with Crippen LogP contribution in [-0.4, -0.2) is 49.7 Å². The predicted molar refractivity (Wildman–Crippen MR) is 105 cm³/mol. The summed E-state index contributed by atoms with van der Waals surface area (Å²) < 4.78 is 5.45. The number of ether oxygens (including phenoxy) is 1. The van der Waals surface area contributed by atoms with E-state index in [1.165, 1.54) is 4.88 Å². The summed E-state index contributed by atoms with van der Waals surface area (Å²) in [6, 6.07) is 10.8. The van der Waals surface area contributed by atoms with Gasteiger partial charge in [0.15, 0.2) is 0 Å². The number of carbonyl (C=O) groups excluding carboxylic acids is 2. The van der Waals surface area contributed by atoms with Gasteiger partial charge in [-0.3, -0.25) is 9.69 Å². The van der Waals surface area contributed by atoms with Crippen LogP contribution in [0.5, 0.6) is 0 Å². The number of benzene rings is 1. The molecule has 1 aromatic carbocycles. The van der Waals surface area contributed by atoms with Crippen LogP contribution < -0.4 is 16.4 Å². The molecule has 0 radical (unpaired) electrons. The summed E-state index contributed by atoms with van der Waals surface area (Å²) >= 11 is 1.70. The highest BCUT2D eigenvalue weighted by Crippen LogP contribution is 2.25. The van der Waals surface area contributed by atoms with Gasteiger partial charge in [-0.15, -0.1) is 11.3 Å². The lowest BCUT2D eigenvalue weighted by Crippen LogP contribution is -2.43. The quantitative estimate of drug-likeness (QED) is 0.673. The van der Waals surface area contributed by atoms with Crippen LogP contribution in [0.1, 0.15) is 26.8 Å². The third-order valence-electron chi connectivity index (χ3n) is 4.50. The van der Waals surface area contributed by atoms with Gasteiger partial charge in [0.25, 0.3) is 5.91 Å². The molecular weight excluding hydrogens is 364 g/mol. The van der Waals surface area contributed by atoms with E-state index in [0.29, 0.717) is 18.7 Å². The average Bonchev–Trinajstić information content (AvgIpc) is 3.22. The first-order chi connectivity index (χ1) is 13.1. The van der Waals surface area contributed by atoms with Gasteiger partial charge in [-0.1, -0.05) is 18.2 Å². The first kappa shape index (κ1) is 19.3. The summed E-state index contributed by atoms with van der Waals surface area (Å²) in [5.74, 6) is -0.112. The SMILES string of the molecule is NC(=O)NCc1ccc(C(=O)NCC(c2cccs2)N2CCOCC2)cc1. The van der Waals surface area contributed by atoms with Crippen molar-refractivity contribution in [1.29, 1.82) is 0 Å². The summed E-state index contributed by atoms with van der Waals surface area (Å²) in [4.78, 5) is 26.9. The van der Waals surface area contributed by atoms with E-state index in [2.05, 4.69) is 27.0 Å². The van der Waals surface area contributed by atoms with Crippen LogP contribution in [0, 0.1) is 0 Å². The molecule has 2 heterocycles. The van der Waals surface area contributed by atoms with E-state index in [4.69, 9.17) is 10.5 Å². The van der Waals surface area contributed by atoms with Gasteiger partial charge in [0.1, 0.15) is 0 Å².